The van der Waals surface area contributed by atoms with E-state index in [0.29, 0.717) is 31.0 Å². The third-order valence-corrected chi connectivity index (χ3v) is 2.87. The predicted octanol–water partition coefficient (Wildman–Crippen LogP) is 1.76. The number of hydrogen-bond acceptors (Lipinski definition) is 5. The molecule has 0 aliphatic rings. The largest absolute Gasteiger partial charge is 0.389 e. The summed E-state index contributed by atoms with van der Waals surface area (Å²) in [5.41, 5.74) is 1.23. The summed E-state index contributed by atoms with van der Waals surface area (Å²) in [6, 6.07) is 7.45. The first-order valence-electron chi connectivity index (χ1n) is 5.85. The number of nitriles is 1. The SMILES string of the molecule is COCCOCC(O)CNc1ccc(Br)cc1C#N. The summed E-state index contributed by atoms with van der Waals surface area (Å²) in [5, 5.41) is 21.7. The number of nitrogens with one attached hydrogen (secondary N) is 1. The predicted molar refractivity (Wildman–Crippen MR) is 76.0 cm³/mol. The fourth-order valence-corrected chi connectivity index (χ4v) is 1.77. The van der Waals surface area contributed by atoms with E-state index < -0.39 is 6.10 Å². The molecule has 0 heterocycles. The Labute approximate surface area is 121 Å². The Kier molecular flexibility index (Phi) is 7.45. The molecule has 1 atom stereocenters. The van der Waals surface area contributed by atoms with Crippen LogP contribution in [0.3, 0.4) is 0 Å². The lowest BCUT2D eigenvalue weighted by molar-refractivity contribution is 0.0182. The van der Waals surface area contributed by atoms with E-state index in [2.05, 4.69) is 27.3 Å². The molecule has 0 bridgehead atoms. The first kappa shape index (κ1) is 15.9. The highest BCUT2D eigenvalue weighted by Crippen LogP contribution is 2.20. The number of nitrogens with zero attached hydrogens (tertiary/aromatic N) is 1. The second-order valence-electron chi connectivity index (χ2n) is 3.90. The summed E-state index contributed by atoms with van der Waals surface area (Å²) in [6.07, 6.45) is -0.632. The maximum Gasteiger partial charge on any atom is 0.101 e. The average molecular weight is 329 g/mol. The molecule has 0 aromatic heterocycles. The first-order chi connectivity index (χ1) is 9.17. The lowest BCUT2D eigenvalue weighted by Gasteiger charge is -2.14. The molecule has 1 unspecified atom stereocenters. The third kappa shape index (κ3) is 6.03. The topological polar surface area (TPSA) is 74.5 Å². The van der Waals surface area contributed by atoms with Crippen molar-refractivity contribution in [1.82, 2.24) is 0 Å². The van der Waals surface area contributed by atoms with Crippen LogP contribution in [0.5, 0.6) is 0 Å². The van der Waals surface area contributed by atoms with E-state index in [9.17, 15) is 5.11 Å². The summed E-state index contributed by atoms with van der Waals surface area (Å²) in [7, 11) is 1.60. The molecule has 1 aromatic rings. The van der Waals surface area contributed by atoms with Crippen molar-refractivity contribution in [2.75, 3.05) is 38.8 Å². The first-order valence-corrected chi connectivity index (χ1v) is 6.65. The molecular formula is C13H17BrN2O3. The van der Waals surface area contributed by atoms with Crippen LogP contribution in [0.25, 0.3) is 0 Å². The molecule has 5 nitrogen and oxygen atoms in total. The van der Waals surface area contributed by atoms with Gasteiger partial charge in [0.1, 0.15) is 6.07 Å². The van der Waals surface area contributed by atoms with Crippen molar-refractivity contribution in [3.8, 4) is 6.07 Å². The molecule has 0 aliphatic heterocycles. The maximum absolute atomic E-state index is 9.71. The second kappa shape index (κ2) is 8.88. The monoisotopic (exact) mass is 328 g/mol. The van der Waals surface area contributed by atoms with Gasteiger partial charge in [0.25, 0.3) is 0 Å². The fraction of sp³-hybridized carbons (Fsp3) is 0.462. The number of methoxy groups -OCH3 is 1. The summed E-state index contributed by atoms with van der Waals surface area (Å²) in [6.45, 7) is 1.51. The van der Waals surface area contributed by atoms with Crippen molar-refractivity contribution in [3.63, 3.8) is 0 Å². The van der Waals surface area contributed by atoms with Gasteiger partial charge in [-0.2, -0.15) is 5.26 Å². The molecule has 0 amide bonds. The third-order valence-electron chi connectivity index (χ3n) is 2.37. The van der Waals surface area contributed by atoms with E-state index in [-0.39, 0.29) is 6.61 Å². The minimum atomic E-state index is -0.632. The van der Waals surface area contributed by atoms with Gasteiger partial charge >= 0.3 is 0 Å². The Morgan fingerprint density at radius 2 is 2.26 bits per heavy atom. The molecule has 0 saturated heterocycles. The van der Waals surface area contributed by atoms with Gasteiger partial charge in [-0.25, -0.2) is 0 Å². The van der Waals surface area contributed by atoms with Gasteiger partial charge in [0, 0.05) is 18.1 Å². The second-order valence-corrected chi connectivity index (χ2v) is 4.82. The molecule has 0 saturated carbocycles. The van der Waals surface area contributed by atoms with Gasteiger partial charge in [-0.05, 0) is 18.2 Å². The number of rotatable bonds is 8. The van der Waals surface area contributed by atoms with Crippen molar-refractivity contribution in [2.24, 2.45) is 0 Å². The van der Waals surface area contributed by atoms with Crippen LogP contribution >= 0.6 is 15.9 Å². The molecule has 0 aliphatic carbocycles. The number of anilines is 1. The van der Waals surface area contributed by atoms with Crippen LogP contribution in [0.4, 0.5) is 5.69 Å². The Morgan fingerprint density at radius 3 is 2.95 bits per heavy atom. The molecule has 0 spiro atoms. The number of ether oxygens (including phenoxy) is 2. The molecule has 19 heavy (non-hydrogen) atoms. The minimum Gasteiger partial charge on any atom is -0.389 e. The van der Waals surface area contributed by atoms with Crippen LogP contribution in [-0.2, 0) is 9.47 Å². The van der Waals surface area contributed by atoms with Gasteiger partial charge in [-0.1, -0.05) is 15.9 Å². The number of aliphatic hydroxyl groups is 1. The van der Waals surface area contributed by atoms with Crippen LogP contribution in [-0.4, -0.2) is 44.7 Å². The lowest BCUT2D eigenvalue weighted by atomic mass is 10.2. The standard InChI is InChI=1S/C13H17BrN2O3/c1-18-4-5-19-9-12(17)8-16-13-3-2-11(14)6-10(13)7-15/h2-3,6,12,16-17H,4-5,8-9H2,1H3. The molecule has 1 aromatic carbocycles. The molecule has 6 heteroatoms. The highest BCUT2D eigenvalue weighted by atomic mass is 79.9. The van der Waals surface area contributed by atoms with E-state index in [1.807, 2.05) is 6.07 Å². The zero-order valence-corrected chi connectivity index (χ0v) is 12.3. The zero-order valence-electron chi connectivity index (χ0n) is 10.7. The van der Waals surface area contributed by atoms with Gasteiger partial charge in [0.15, 0.2) is 0 Å². The summed E-state index contributed by atoms with van der Waals surface area (Å²) in [5.74, 6) is 0. The highest BCUT2D eigenvalue weighted by Gasteiger charge is 2.07. The summed E-state index contributed by atoms with van der Waals surface area (Å²) in [4.78, 5) is 0. The Hall–Kier alpha value is -1.13. The van der Waals surface area contributed by atoms with E-state index >= 15 is 0 Å². The van der Waals surface area contributed by atoms with Gasteiger partial charge in [-0.15, -0.1) is 0 Å². The summed E-state index contributed by atoms with van der Waals surface area (Å²) >= 11 is 3.31. The normalized spacial score (nSPS) is 11.9. The average Bonchev–Trinajstić information content (AvgIpc) is 2.42. The zero-order chi connectivity index (χ0) is 14.1. The van der Waals surface area contributed by atoms with E-state index in [4.69, 9.17) is 14.7 Å². The van der Waals surface area contributed by atoms with Crippen LogP contribution in [0, 0.1) is 11.3 Å². The Bertz CT molecular complexity index is 434. The van der Waals surface area contributed by atoms with E-state index in [0.717, 1.165) is 4.47 Å². The van der Waals surface area contributed by atoms with Gasteiger partial charge in [-0.3, -0.25) is 0 Å². The number of aliphatic hydroxyl groups excluding tert-OH is 1. The van der Waals surface area contributed by atoms with Gasteiger partial charge in [0.05, 0.1) is 37.2 Å². The Balaban J connectivity index is 2.38. The van der Waals surface area contributed by atoms with Crippen molar-refractivity contribution in [2.45, 2.75) is 6.10 Å². The molecular weight excluding hydrogens is 312 g/mol. The van der Waals surface area contributed by atoms with Crippen molar-refractivity contribution in [3.05, 3.63) is 28.2 Å². The van der Waals surface area contributed by atoms with E-state index in [1.54, 1.807) is 19.2 Å². The number of hydrogen-bond donors (Lipinski definition) is 2. The number of halogens is 1. The molecule has 2 N–H and O–H groups in total. The molecule has 104 valence electrons. The maximum atomic E-state index is 9.71. The van der Waals surface area contributed by atoms with Crippen LogP contribution in [0.2, 0.25) is 0 Å². The van der Waals surface area contributed by atoms with Crippen LogP contribution < -0.4 is 5.32 Å². The Morgan fingerprint density at radius 1 is 1.47 bits per heavy atom. The lowest BCUT2D eigenvalue weighted by Crippen LogP contribution is -2.25. The fourth-order valence-electron chi connectivity index (χ4n) is 1.41. The van der Waals surface area contributed by atoms with Crippen LogP contribution in [0.15, 0.2) is 22.7 Å². The molecule has 0 radical (unpaired) electrons. The van der Waals surface area contributed by atoms with Gasteiger partial charge in [0.2, 0.25) is 0 Å². The highest BCUT2D eigenvalue weighted by molar-refractivity contribution is 9.10. The van der Waals surface area contributed by atoms with Crippen molar-refractivity contribution >= 4 is 21.6 Å². The minimum absolute atomic E-state index is 0.231. The summed E-state index contributed by atoms with van der Waals surface area (Å²) < 4.78 is 10.9. The quantitative estimate of drug-likeness (QED) is 0.711. The van der Waals surface area contributed by atoms with Crippen LogP contribution in [0.1, 0.15) is 5.56 Å². The van der Waals surface area contributed by atoms with Crippen molar-refractivity contribution < 1.29 is 14.6 Å². The molecule has 0 fully saturated rings. The number of benzene rings is 1. The van der Waals surface area contributed by atoms with Crippen molar-refractivity contribution in [1.29, 1.82) is 5.26 Å². The smallest absolute Gasteiger partial charge is 0.101 e. The van der Waals surface area contributed by atoms with Gasteiger partial charge < -0.3 is 19.9 Å². The van der Waals surface area contributed by atoms with E-state index in [1.165, 1.54) is 0 Å². The molecule has 1 rings (SSSR count).